The fourth-order valence-electron chi connectivity index (χ4n) is 1.12. The monoisotopic (exact) mass is 255 g/mol. The van der Waals surface area contributed by atoms with E-state index >= 15 is 0 Å². The fourth-order valence-corrected chi connectivity index (χ4v) is 1.12. The van der Waals surface area contributed by atoms with E-state index in [1.165, 1.54) is 0 Å². The summed E-state index contributed by atoms with van der Waals surface area (Å²) in [5.41, 5.74) is 0. The van der Waals surface area contributed by atoms with Gasteiger partial charge in [0.15, 0.2) is 0 Å². The van der Waals surface area contributed by atoms with Crippen LogP contribution in [-0.2, 0) is 0 Å². The maximum Gasteiger partial charge on any atom is 0.109 e. The molecule has 0 aromatic rings. The van der Waals surface area contributed by atoms with Gasteiger partial charge in [-0.15, -0.1) is 0 Å². The molecule has 0 fully saturated rings. The average molecular weight is 255 g/mol. The van der Waals surface area contributed by atoms with E-state index in [9.17, 15) is 15.3 Å². The number of aliphatic hydroxyl groups excluding tert-OH is 7. The Morgan fingerprint density at radius 2 is 1.12 bits per heavy atom. The van der Waals surface area contributed by atoms with Gasteiger partial charge in [-0.25, -0.2) is 0 Å². The Balaban J connectivity index is 3.81. The molecular weight excluding hydrogens is 234 g/mol. The first-order valence-corrected chi connectivity index (χ1v) is 5.26. The van der Waals surface area contributed by atoms with Crippen LogP contribution in [0.2, 0.25) is 0 Å². The highest BCUT2D eigenvalue weighted by molar-refractivity contribution is 4.77. The van der Waals surface area contributed by atoms with Crippen LogP contribution >= 0.6 is 0 Å². The topological polar surface area (TPSA) is 154 Å². The molecule has 0 aromatic heterocycles. The minimum atomic E-state index is -1.51. The maximum atomic E-state index is 9.35. The molecular formula is C9H21NO7. The second-order valence-electron chi connectivity index (χ2n) is 3.78. The predicted octanol–water partition coefficient (Wildman–Crippen LogP) is -4.63. The number of nitrogens with one attached hydrogen (secondary N) is 1. The molecule has 8 N–H and O–H groups in total. The third-order valence-corrected chi connectivity index (χ3v) is 2.31. The van der Waals surface area contributed by atoms with E-state index in [2.05, 4.69) is 5.32 Å². The first kappa shape index (κ1) is 16.7. The van der Waals surface area contributed by atoms with Gasteiger partial charge in [-0.3, -0.25) is 0 Å². The van der Waals surface area contributed by atoms with Gasteiger partial charge >= 0.3 is 0 Å². The second kappa shape index (κ2) is 8.72. The zero-order valence-electron chi connectivity index (χ0n) is 9.35. The van der Waals surface area contributed by atoms with Gasteiger partial charge in [0.2, 0.25) is 0 Å². The van der Waals surface area contributed by atoms with Crippen LogP contribution in [0, 0.1) is 0 Å². The highest BCUT2D eigenvalue weighted by Crippen LogP contribution is 1.99. The summed E-state index contributed by atoms with van der Waals surface area (Å²) in [5.74, 6) is 0. The lowest BCUT2D eigenvalue weighted by atomic mass is 10.1. The summed E-state index contributed by atoms with van der Waals surface area (Å²) in [7, 11) is 0. The highest BCUT2D eigenvalue weighted by atomic mass is 16.4. The van der Waals surface area contributed by atoms with Gasteiger partial charge in [0.25, 0.3) is 0 Å². The van der Waals surface area contributed by atoms with Crippen LogP contribution in [-0.4, -0.2) is 92.6 Å². The largest absolute Gasteiger partial charge is 0.394 e. The van der Waals surface area contributed by atoms with Gasteiger partial charge in [-0.05, 0) is 0 Å². The SMILES string of the molecule is OCC(O)C(O)CNCC(O)C(O)C(O)CO. The summed E-state index contributed by atoms with van der Waals surface area (Å²) in [6.45, 7) is -1.50. The van der Waals surface area contributed by atoms with Gasteiger partial charge < -0.3 is 41.1 Å². The smallest absolute Gasteiger partial charge is 0.109 e. The Kier molecular flexibility index (Phi) is 8.56. The van der Waals surface area contributed by atoms with Crippen molar-refractivity contribution in [2.75, 3.05) is 26.3 Å². The summed E-state index contributed by atoms with van der Waals surface area (Å²) in [4.78, 5) is 0. The third kappa shape index (κ3) is 6.24. The maximum absolute atomic E-state index is 9.35. The standard InChI is InChI=1S/C9H21NO7/c11-3-7(15)5(13)1-10-2-6(14)9(17)8(16)4-12/h5-17H,1-4H2. The van der Waals surface area contributed by atoms with Crippen LogP contribution in [0.25, 0.3) is 0 Å². The predicted molar refractivity (Wildman–Crippen MR) is 57.1 cm³/mol. The van der Waals surface area contributed by atoms with E-state index in [1.54, 1.807) is 0 Å². The zero-order chi connectivity index (χ0) is 13.4. The molecule has 0 radical (unpaired) electrons. The summed E-state index contributed by atoms with van der Waals surface area (Å²) in [6, 6.07) is 0. The van der Waals surface area contributed by atoms with E-state index in [0.717, 1.165) is 0 Å². The number of aliphatic hydroxyl groups is 7. The summed E-state index contributed by atoms with van der Waals surface area (Å²) >= 11 is 0. The molecule has 0 aliphatic carbocycles. The van der Waals surface area contributed by atoms with Gasteiger partial charge in [-0.2, -0.15) is 0 Å². The minimum Gasteiger partial charge on any atom is -0.394 e. The molecule has 0 saturated heterocycles. The van der Waals surface area contributed by atoms with Crippen molar-refractivity contribution in [2.24, 2.45) is 0 Å². The summed E-state index contributed by atoms with van der Waals surface area (Å²) in [5, 5.41) is 65.4. The normalized spacial score (nSPS) is 20.6. The van der Waals surface area contributed by atoms with Crippen LogP contribution in [0.3, 0.4) is 0 Å². The lowest BCUT2D eigenvalue weighted by Crippen LogP contribution is -2.47. The average Bonchev–Trinajstić information content (AvgIpc) is 2.35. The van der Waals surface area contributed by atoms with Gasteiger partial charge in [-0.1, -0.05) is 0 Å². The Bertz CT molecular complexity index is 194. The molecule has 104 valence electrons. The fraction of sp³-hybridized carbons (Fsp3) is 1.00. The second-order valence-corrected chi connectivity index (χ2v) is 3.78. The zero-order valence-corrected chi connectivity index (χ0v) is 9.35. The Labute approximate surface area is 98.8 Å². The van der Waals surface area contributed by atoms with Crippen molar-refractivity contribution in [2.45, 2.75) is 30.5 Å². The Morgan fingerprint density at radius 1 is 0.647 bits per heavy atom. The molecule has 8 nitrogen and oxygen atoms in total. The molecule has 0 heterocycles. The molecule has 0 aromatic carbocycles. The van der Waals surface area contributed by atoms with Crippen molar-refractivity contribution < 1.29 is 35.7 Å². The summed E-state index contributed by atoms with van der Waals surface area (Å²) in [6.07, 6.45) is -6.76. The molecule has 8 heteroatoms. The number of hydrogen-bond donors (Lipinski definition) is 8. The van der Waals surface area contributed by atoms with Crippen LogP contribution in [0.1, 0.15) is 0 Å². The van der Waals surface area contributed by atoms with Gasteiger partial charge in [0.1, 0.15) is 18.3 Å². The third-order valence-electron chi connectivity index (χ3n) is 2.31. The summed E-state index contributed by atoms with van der Waals surface area (Å²) < 4.78 is 0. The first-order valence-electron chi connectivity index (χ1n) is 5.26. The van der Waals surface area contributed by atoms with Gasteiger partial charge in [0.05, 0.1) is 25.4 Å². The van der Waals surface area contributed by atoms with E-state index in [4.69, 9.17) is 20.4 Å². The lowest BCUT2D eigenvalue weighted by molar-refractivity contribution is -0.0763. The van der Waals surface area contributed by atoms with Crippen LogP contribution < -0.4 is 5.32 Å². The Hall–Kier alpha value is -0.320. The molecule has 0 saturated carbocycles. The van der Waals surface area contributed by atoms with Crippen molar-refractivity contribution in [3.63, 3.8) is 0 Å². The molecule has 0 amide bonds. The molecule has 0 aliphatic rings. The molecule has 17 heavy (non-hydrogen) atoms. The molecule has 0 rings (SSSR count). The van der Waals surface area contributed by atoms with Crippen LogP contribution in [0.5, 0.6) is 0 Å². The molecule has 5 unspecified atom stereocenters. The van der Waals surface area contributed by atoms with E-state index in [0.29, 0.717) is 0 Å². The van der Waals surface area contributed by atoms with Crippen molar-refractivity contribution in [3.05, 3.63) is 0 Å². The lowest BCUT2D eigenvalue weighted by Gasteiger charge is -2.23. The quantitative estimate of drug-likeness (QED) is 0.205. The van der Waals surface area contributed by atoms with E-state index < -0.39 is 43.7 Å². The highest BCUT2D eigenvalue weighted by Gasteiger charge is 2.24. The van der Waals surface area contributed by atoms with Crippen LogP contribution in [0.4, 0.5) is 0 Å². The van der Waals surface area contributed by atoms with E-state index in [1.807, 2.05) is 0 Å². The molecule has 0 spiro atoms. The van der Waals surface area contributed by atoms with E-state index in [-0.39, 0.29) is 13.1 Å². The van der Waals surface area contributed by atoms with Crippen molar-refractivity contribution in [1.82, 2.24) is 5.32 Å². The van der Waals surface area contributed by atoms with Crippen molar-refractivity contribution >= 4 is 0 Å². The number of rotatable bonds is 9. The van der Waals surface area contributed by atoms with Crippen molar-refractivity contribution in [1.29, 1.82) is 0 Å². The molecule has 0 bridgehead atoms. The van der Waals surface area contributed by atoms with Gasteiger partial charge in [0, 0.05) is 13.1 Å². The number of hydrogen-bond acceptors (Lipinski definition) is 8. The molecule has 0 aliphatic heterocycles. The molecule has 5 atom stereocenters. The minimum absolute atomic E-state index is 0.0965. The first-order chi connectivity index (χ1) is 7.93. The van der Waals surface area contributed by atoms with Crippen molar-refractivity contribution in [3.8, 4) is 0 Å². The Morgan fingerprint density at radius 3 is 1.59 bits per heavy atom. The van der Waals surface area contributed by atoms with Crippen LogP contribution in [0.15, 0.2) is 0 Å².